The molecular weight excluding hydrogens is 622 g/mol. The highest BCUT2D eigenvalue weighted by atomic mass is 16.6. The van der Waals surface area contributed by atoms with Gasteiger partial charge in [0, 0.05) is 34.9 Å². The number of para-hydroxylation sites is 1. The van der Waals surface area contributed by atoms with Crippen LogP contribution in [0.3, 0.4) is 0 Å². The van der Waals surface area contributed by atoms with Crippen molar-refractivity contribution in [2.75, 3.05) is 41.1 Å². The molecular formula is C40H49NO8. The molecule has 0 aliphatic carbocycles. The molecule has 1 aliphatic heterocycles. The maximum absolute atomic E-state index is 13.3. The van der Waals surface area contributed by atoms with Crippen molar-refractivity contribution in [1.82, 2.24) is 4.90 Å². The van der Waals surface area contributed by atoms with Crippen LogP contribution in [0, 0.1) is 0 Å². The molecule has 1 aliphatic rings. The normalized spacial score (nSPS) is 16.3. The zero-order valence-corrected chi connectivity index (χ0v) is 29.5. The van der Waals surface area contributed by atoms with Gasteiger partial charge in [0.05, 0.1) is 47.8 Å². The van der Waals surface area contributed by atoms with Crippen molar-refractivity contribution in [3.05, 3.63) is 95.6 Å². The fraction of sp³-hybridized carbons (Fsp3) is 0.425. The fourth-order valence-electron chi connectivity index (χ4n) is 6.18. The first-order valence-corrected chi connectivity index (χ1v) is 16.9. The number of rotatable bonds is 14. The SMILES string of the molecule is COc1ccccc1COCCCOc1ccc(C2CCN(C(=O)OC(C)(C)C)C(OCc3cc(OC)c4ccccc4c3OC)C2)cc1. The summed E-state index contributed by atoms with van der Waals surface area (Å²) in [6.45, 7) is 8.01. The Labute approximate surface area is 290 Å². The average molecular weight is 672 g/mol. The monoisotopic (exact) mass is 671 g/mol. The quantitative estimate of drug-likeness (QED) is 0.123. The van der Waals surface area contributed by atoms with E-state index in [2.05, 4.69) is 12.1 Å². The van der Waals surface area contributed by atoms with E-state index >= 15 is 0 Å². The zero-order chi connectivity index (χ0) is 34.8. The second-order valence-electron chi connectivity index (χ2n) is 13.1. The molecule has 5 rings (SSSR count). The number of piperidine rings is 1. The van der Waals surface area contributed by atoms with Crippen molar-refractivity contribution in [3.8, 4) is 23.0 Å². The van der Waals surface area contributed by atoms with E-state index in [9.17, 15) is 4.79 Å². The van der Waals surface area contributed by atoms with Gasteiger partial charge in [-0.25, -0.2) is 4.79 Å². The van der Waals surface area contributed by atoms with E-state index in [0.717, 1.165) is 57.7 Å². The molecule has 0 spiro atoms. The molecule has 0 bridgehead atoms. The highest BCUT2D eigenvalue weighted by Crippen LogP contribution is 2.39. The van der Waals surface area contributed by atoms with E-state index < -0.39 is 11.8 Å². The number of carbonyl (C=O) groups is 1. The third kappa shape index (κ3) is 9.37. The molecule has 0 aromatic heterocycles. The molecule has 1 fully saturated rings. The molecule has 2 unspecified atom stereocenters. The number of nitrogens with zero attached hydrogens (tertiary/aromatic N) is 1. The molecule has 262 valence electrons. The van der Waals surface area contributed by atoms with Crippen LogP contribution in [0.15, 0.2) is 78.9 Å². The molecule has 1 amide bonds. The predicted molar refractivity (Wildman–Crippen MR) is 190 cm³/mol. The Balaban J connectivity index is 1.21. The van der Waals surface area contributed by atoms with Gasteiger partial charge in [-0.1, -0.05) is 54.6 Å². The molecule has 4 aromatic rings. The van der Waals surface area contributed by atoms with Gasteiger partial charge >= 0.3 is 6.09 Å². The second-order valence-corrected chi connectivity index (χ2v) is 13.1. The van der Waals surface area contributed by atoms with E-state index in [1.165, 1.54) is 5.56 Å². The van der Waals surface area contributed by atoms with Crippen LogP contribution in [-0.2, 0) is 27.4 Å². The first-order chi connectivity index (χ1) is 23.7. The number of benzene rings is 4. The van der Waals surface area contributed by atoms with Crippen molar-refractivity contribution >= 4 is 16.9 Å². The van der Waals surface area contributed by atoms with Crippen LogP contribution in [-0.4, -0.2) is 63.9 Å². The fourth-order valence-corrected chi connectivity index (χ4v) is 6.18. The van der Waals surface area contributed by atoms with Gasteiger partial charge in [-0.2, -0.15) is 0 Å². The van der Waals surface area contributed by atoms with Crippen LogP contribution in [0.2, 0.25) is 0 Å². The van der Waals surface area contributed by atoms with Gasteiger partial charge in [0.1, 0.15) is 34.8 Å². The van der Waals surface area contributed by atoms with Gasteiger partial charge in [-0.3, -0.25) is 4.90 Å². The second kappa shape index (κ2) is 16.8. The van der Waals surface area contributed by atoms with Gasteiger partial charge in [0.2, 0.25) is 0 Å². The number of likely N-dealkylation sites (tertiary alicyclic amines) is 1. The summed E-state index contributed by atoms with van der Waals surface area (Å²) in [7, 11) is 4.98. The van der Waals surface area contributed by atoms with Crippen molar-refractivity contribution in [2.45, 2.75) is 71.0 Å². The number of carbonyl (C=O) groups excluding carboxylic acids is 1. The number of hydrogen-bond acceptors (Lipinski definition) is 8. The Hall–Kier alpha value is -4.47. The number of fused-ring (bicyclic) bond motifs is 1. The molecule has 0 saturated carbocycles. The first kappa shape index (κ1) is 35.8. The van der Waals surface area contributed by atoms with Crippen molar-refractivity contribution in [3.63, 3.8) is 0 Å². The summed E-state index contributed by atoms with van der Waals surface area (Å²) in [4.78, 5) is 15.0. The van der Waals surface area contributed by atoms with Crippen LogP contribution in [0.1, 0.15) is 62.6 Å². The summed E-state index contributed by atoms with van der Waals surface area (Å²) in [6, 6.07) is 26.0. The van der Waals surface area contributed by atoms with Crippen molar-refractivity contribution in [1.29, 1.82) is 0 Å². The minimum Gasteiger partial charge on any atom is -0.496 e. The minimum atomic E-state index is -0.620. The van der Waals surface area contributed by atoms with E-state index in [1.807, 2.05) is 87.5 Å². The summed E-state index contributed by atoms with van der Waals surface area (Å²) >= 11 is 0. The van der Waals surface area contributed by atoms with Crippen LogP contribution in [0.5, 0.6) is 23.0 Å². The molecule has 0 N–H and O–H groups in total. The third-order valence-corrected chi connectivity index (χ3v) is 8.57. The Morgan fingerprint density at radius 1 is 0.796 bits per heavy atom. The maximum atomic E-state index is 13.3. The standard InChI is InChI=1S/C40H49NO8/c1-40(2,3)49-39(42)41-21-20-29(25-37(41)48-27-31-24-36(44-5)33-13-8-9-14-34(33)38(31)45-6)28-16-18-32(19-17-28)47-23-11-22-46-26-30-12-7-10-15-35(30)43-4/h7-10,12-19,24,29,37H,11,20-23,25-27H2,1-6H3. The van der Waals surface area contributed by atoms with Gasteiger partial charge in [0.15, 0.2) is 0 Å². The van der Waals surface area contributed by atoms with Gasteiger partial charge < -0.3 is 33.2 Å². The average Bonchev–Trinajstić information content (AvgIpc) is 3.11. The summed E-state index contributed by atoms with van der Waals surface area (Å²) in [6.07, 6.45) is 1.30. The zero-order valence-electron chi connectivity index (χ0n) is 29.5. The molecule has 49 heavy (non-hydrogen) atoms. The molecule has 9 nitrogen and oxygen atoms in total. The van der Waals surface area contributed by atoms with Gasteiger partial charge in [-0.05, 0) is 69.4 Å². The molecule has 2 atom stereocenters. The molecule has 1 heterocycles. The number of ether oxygens (including phenoxy) is 7. The maximum Gasteiger partial charge on any atom is 0.412 e. The lowest BCUT2D eigenvalue weighted by molar-refractivity contribution is -0.0940. The van der Waals surface area contributed by atoms with Gasteiger partial charge in [-0.15, -0.1) is 0 Å². The molecule has 9 heteroatoms. The highest BCUT2D eigenvalue weighted by Gasteiger charge is 2.36. The largest absolute Gasteiger partial charge is 0.496 e. The van der Waals surface area contributed by atoms with Crippen LogP contribution in [0.25, 0.3) is 10.8 Å². The van der Waals surface area contributed by atoms with E-state index in [0.29, 0.717) is 32.8 Å². The van der Waals surface area contributed by atoms with Crippen LogP contribution in [0.4, 0.5) is 4.79 Å². The lowest BCUT2D eigenvalue weighted by Gasteiger charge is -2.40. The third-order valence-electron chi connectivity index (χ3n) is 8.57. The van der Waals surface area contributed by atoms with Crippen molar-refractivity contribution in [2.24, 2.45) is 0 Å². The summed E-state index contributed by atoms with van der Waals surface area (Å²) < 4.78 is 41.1. The van der Waals surface area contributed by atoms with Crippen LogP contribution >= 0.6 is 0 Å². The topological polar surface area (TPSA) is 84.9 Å². The van der Waals surface area contributed by atoms with Crippen LogP contribution < -0.4 is 18.9 Å². The number of hydrogen-bond donors (Lipinski definition) is 0. The predicted octanol–water partition coefficient (Wildman–Crippen LogP) is 8.51. The van der Waals surface area contributed by atoms with E-state index in [4.69, 9.17) is 33.2 Å². The Morgan fingerprint density at radius 3 is 2.22 bits per heavy atom. The van der Waals surface area contributed by atoms with Gasteiger partial charge in [0.25, 0.3) is 0 Å². The molecule has 4 aromatic carbocycles. The summed E-state index contributed by atoms with van der Waals surface area (Å²) in [5.74, 6) is 3.30. The summed E-state index contributed by atoms with van der Waals surface area (Å²) in [5, 5.41) is 1.90. The molecule has 1 saturated heterocycles. The Morgan fingerprint density at radius 2 is 1.51 bits per heavy atom. The first-order valence-electron chi connectivity index (χ1n) is 16.9. The number of methoxy groups -OCH3 is 3. The minimum absolute atomic E-state index is 0.189. The number of amides is 1. The van der Waals surface area contributed by atoms with E-state index in [1.54, 1.807) is 26.2 Å². The van der Waals surface area contributed by atoms with Crippen molar-refractivity contribution < 1.29 is 38.0 Å². The Bertz CT molecular complexity index is 1670. The van der Waals surface area contributed by atoms with E-state index in [-0.39, 0.29) is 18.6 Å². The Kier molecular flexibility index (Phi) is 12.3. The summed E-state index contributed by atoms with van der Waals surface area (Å²) in [5.41, 5.74) is 2.43. The lowest BCUT2D eigenvalue weighted by atomic mass is 9.88. The lowest BCUT2D eigenvalue weighted by Crippen LogP contribution is -2.48. The highest BCUT2D eigenvalue weighted by molar-refractivity contribution is 5.94. The smallest absolute Gasteiger partial charge is 0.412 e. The molecule has 0 radical (unpaired) electrons.